The summed E-state index contributed by atoms with van der Waals surface area (Å²) in [5.74, 6) is -1.03. The van der Waals surface area contributed by atoms with Gasteiger partial charge in [-0.1, -0.05) is 12.1 Å². The fraction of sp³-hybridized carbons (Fsp3) is 0.133. The summed E-state index contributed by atoms with van der Waals surface area (Å²) in [5, 5.41) is 4.12. The number of fused-ring (bicyclic) bond motifs is 1. The minimum Gasteiger partial charge on any atom is -0.304 e. The van der Waals surface area contributed by atoms with Gasteiger partial charge in [0, 0.05) is 12.4 Å². The van der Waals surface area contributed by atoms with E-state index < -0.39 is 11.6 Å². The third kappa shape index (κ3) is 2.35. The molecule has 0 N–H and O–H groups in total. The van der Waals surface area contributed by atoms with E-state index in [1.54, 1.807) is 25.3 Å². The number of carbonyl (C=O) groups excluding carboxylic acids is 1. The Hall–Kier alpha value is -2.76. The van der Waals surface area contributed by atoms with E-state index >= 15 is 0 Å². The van der Waals surface area contributed by atoms with Crippen molar-refractivity contribution in [3.05, 3.63) is 70.2 Å². The average molecular weight is 285 g/mol. The summed E-state index contributed by atoms with van der Waals surface area (Å²) in [5.41, 5.74) is 0.748. The van der Waals surface area contributed by atoms with E-state index in [0.29, 0.717) is 11.2 Å². The zero-order chi connectivity index (χ0) is 15.0. The Bertz CT molecular complexity index is 895. The molecule has 6 heteroatoms. The van der Waals surface area contributed by atoms with Crippen molar-refractivity contribution < 1.29 is 9.18 Å². The SMILES string of the molecule is Cc1cc2c(=O)n(CC(=O)c3ccccc3F)ccn2n1. The molecule has 0 unspecified atom stereocenters. The van der Waals surface area contributed by atoms with E-state index in [9.17, 15) is 14.0 Å². The van der Waals surface area contributed by atoms with Gasteiger partial charge in [0.15, 0.2) is 5.78 Å². The van der Waals surface area contributed by atoms with E-state index in [2.05, 4.69) is 5.10 Å². The molecule has 0 bridgehead atoms. The fourth-order valence-electron chi connectivity index (χ4n) is 2.20. The zero-order valence-corrected chi connectivity index (χ0v) is 11.3. The number of ketones is 1. The van der Waals surface area contributed by atoms with Gasteiger partial charge in [0.1, 0.15) is 11.3 Å². The van der Waals surface area contributed by atoms with Crippen LogP contribution in [0.3, 0.4) is 0 Å². The maximum absolute atomic E-state index is 13.6. The molecule has 0 amide bonds. The Balaban J connectivity index is 1.99. The van der Waals surface area contributed by atoms with Crippen LogP contribution < -0.4 is 5.56 Å². The molecule has 0 aliphatic rings. The highest BCUT2D eigenvalue weighted by molar-refractivity contribution is 5.96. The molecule has 0 aliphatic heterocycles. The first-order chi connectivity index (χ1) is 10.1. The molecule has 0 fully saturated rings. The van der Waals surface area contributed by atoms with Gasteiger partial charge in [-0.3, -0.25) is 9.59 Å². The molecule has 106 valence electrons. The summed E-state index contributed by atoms with van der Waals surface area (Å²) >= 11 is 0. The molecule has 0 aliphatic carbocycles. The van der Waals surface area contributed by atoms with Crippen LogP contribution in [-0.2, 0) is 6.54 Å². The van der Waals surface area contributed by atoms with Crippen LogP contribution >= 0.6 is 0 Å². The summed E-state index contributed by atoms with van der Waals surface area (Å²) in [6.45, 7) is 1.57. The lowest BCUT2D eigenvalue weighted by Crippen LogP contribution is -2.25. The highest BCUT2D eigenvalue weighted by atomic mass is 19.1. The van der Waals surface area contributed by atoms with Crippen LogP contribution in [0.4, 0.5) is 4.39 Å². The number of carbonyl (C=O) groups is 1. The summed E-state index contributed by atoms with van der Waals surface area (Å²) in [7, 11) is 0. The predicted octanol–water partition coefficient (Wildman–Crippen LogP) is 1.83. The summed E-state index contributed by atoms with van der Waals surface area (Å²) in [6, 6.07) is 7.37. The predicted molar refractivity (Wildman–Crippen MR) is 74.9 cm³/mol. The van der Waals surface area contributed by atoms with Crippen LogP contribution in [0.1, 0.15) is 16.1 Å². The van der Waals surface area contributed by atoms with Gasteiger partial charge >= 0.3 is 0 Å². The van der Waals surface area contributed by atoms with Gasteiger partial charge in [0.2, 0.25) is 0 Å². The molecular weight excluding hydrogens is 273 g/mol. The maximum Gasteiger partial charge on any atom is 0.276 e. The molecule has 21 heavy (non-hydrogen) atoms. The molecule has 3 rings (SSSR count). The molecular formula is C15H12FN3O2. The lowest BCUT2D eigenvalue weighted by Gasteiger charge is -2.06. The Morgan fingerprint density at radius 3 is 2.81 bits per heavy atom. The van der Waals surface area contributed by atoms with Gasteiger partial charge in [0.05, 0.1) is 17.8 Å². The number of nitrogens with zero attached hydrogens (tertiary/aromatic N) is 3. The number of aryl methyl sites for hydroxylation is 1. The van der Waals surface area contributed by atoms with Crippen LogP contribution in [0, 0.1) is 12.7 Å². The third-order valence-electron chi connectivity index (χ3n) is 3.21. The van der Waals surface area contributed by atoms with Crippen molar-refractivity contribution in [2.75, 3.05) is 0 Å². The number of Topliss-reactive ketones (excluding diaryl/α,β-unsaturated/α-hetero) is 1. The quantitative estimate of drug-likeness (QED) is 0.690. The van der Waals surface area contributed by atoms with E-state index in [1.165, 1.54) is 33.5 Å². The maximum atomic E-state index is 13.6. The standard InChI is InChI=1S/C15H12FN3O2/c1-10-8-13-15(21)18(6-7-19(13)17-10)9-14(20)11-4-2-3-5-12(11)16/h2-8H,9H2,1H3. The number of halogens is 1. The summed E-state index contributed by atoms with van der Waals surface area (Å²) < 4.78 is 16.3. The van der Waals surface area contributed by atoms with E-state index in [-0.39, 0.29) is 17.7 Å². The van der Waals surface area contributed by atoms with Crippen LogP contribution in [0.15, 0.2) is 47.5 Å². The van der Waals surface area contributed by atoms with Crippen LogP contribution in [0.5, 0.6) is 0 Å². The third-order valence-corrected chi connectivity index (χ3v) is 3.21. The van der Waals surface area contributed by atoms with Crippen molar-refractivity contribution in [1.82, 2.24) is 14.2 Å². The minimum absolute atomic E-state index is 0.0195. The Labute approximate surface area is 119 Å². The average Bonchev–Trinajstić information content (AvgIpc) is 2.84. The molecule has 3 aromatic rings. The molecule has 2 aromatic heterocycles. The second-order valence-electron chi connectivity index (χ2n) is 4.75. The minimum atomic E-state index is -0.586. The molecule has 0 radical (unpaired) electrons. The first-order valence-corrected chi connectivity index (χ1v) is 6.39. The van der Waals surface area contributed by atoms with Crippen molar-refractivity contribution in [2.45, 2.75) is 13.5 Å². The van der Waals surface area contributed by atoms with Crippen molar-refractivity contribution in [2.24, 2.45) is 0 Å². The van der Waals surface area contributed by atoms with Crippen LogP contribution in [-0.4, -0.2) is 20.0 Å². The number of benzene rings is 1. The normalized spacial score (nSPS) is 11.0. The van der Waals surface area contributed by atoms with Crippen molar-refractivity contribution in [1.29, 1.82) is 0 Å². The molecule has 1 aromatic carbocycles. The summed E-state index contributed by atoms with van der Waals surface area (Å²) in [6.07, 6.45) is 3.07. The van der Waals surface area contributed by atoms with Crippen molar-refractivity contribution >= 4 is 11.3 Å². The number of hydrogen-bond acceptors (Lipinski definition) is 3. The fourth-order valence-corrected chi connectivity index (χ4v) is 2.20. The van der Waals surface area contributed by atoms with Gasteiger partial charge in [-0.25, -0.2) is 8.91 Å². The van der Waals surface area contributed by atoms with E-state index in [1.807, 2.05) is 0 Å². The molecule has 0 spiro atoms. The monoisotopic (exact) mass is 285 g/mol. The highest BCUT2D eigenvalue weighted by Crippen LogP contribution is 2.08. The topological polar surface area (TPSA) is 56.4 Å². The van der Waals surface area contributed by atoms with Gasteiger partial charge < -0.3 is 4.57 Å². The number of aromatic nitrogens is 3. The van der Waals surface area contributed by atoms with E-state index in [4.69, 9.17) is 0 Å². The molecule has 0 saturated heterocycles. The lowest BCUT2D eigenvalue weighted by atomic mass is 10.1. The second-order valence-corrected chi connectivity index (χ2v) is 4.75. The molecule has 5 nitrogen and oxygen atoms in total. The smallest absolute Gasteiger partial charge is 0.276 e. The molecule has 0 saturated carbocycles. The van der Waals surface area contributed by atoms with Gasteiger partial charge in [-0.05, 0) is 25.1 Å². The number of hydrogen-bond donors (Lipinski definition) is 0. The summed E-state index contributed by atoms with van der Waals surface area (Å²) in [4.78, 5) is 24.4. The Morgan fingerprint density at radius 1 is 1.29 bits per heavy atom. The first kappa shape index (κ1) is 13.2. The Morgan fingerprint density at radius 2 is 2.05 bits per heavy atom. The van der Waals surface area contributed by atoms with Crippen LogP contribution in [0.2, 0.25) is 0 Å². The largest absolute Gasteiger partial charge is 0.304 e. The van der Waals surface area contributed by atoms with Crippen molar-refractivity contribution in [3.8, 4) is 0 Å². The van der Waals surface area contributed by atoms with E-state index in [0.717, 1.165) is 0 Å². The second kappa shape index (κ2) is 4.97. The first-order valence-electron chi connectivity index (χ1n) is 6.39. The lowest BCUT2D eigenvalue weighted by molar-refractivity contribution is 0.0967. The van der Waals surface area contributed by atoms with Crippen LogP contribution in [0.25, 0.3) is 5.52 Å². The van der Waals surface area contributed by atoms with Gasteiger partial charge in [0.25, 0.3) is 5.56 Å². The van der Waals surface area contributed by atoms with Gasteiger partial charge in [-0.15, -0.1) is 0 Å². The highest BCUT2D eigenvalue weighted by Gasteiger charge is 2.13. The zero-order valence-electron chi connectivity index (χ0n) is 11.3. The number of rotatable bonds is 3. The molecule has 0 atom stereocenters. The van der Waals surface area contributed by atoms with Gasteiger partial charge in [-0.2, -0.15) is 5.10 Å². The molecule has 2 heterocycles. The van der Waals surface area contributed by atoms with Crippen molar-refractivity contribution in [3.63, 3.8) is 0 Å². The Kier molecular flexibility index (Phi) is 3.13.